The molecule has 4 rings (SSSR count). The van der Waals surface area contributed by atoms with Crippen molar-refractivity contribution in [2.75, 3.05) is 17.8 Å². The molecule has 1 fully saturated rings. The van der Waals surface area contributed by atoms with Crippen LogP contribution in [-0.4, -0.2) is 80.7 Å². The zero-order chi connectivity index (χ0) is 26.3. The van der Waals surface area contributed by atoms with Gasteiger partial charge in [0.25, 0.3) is 0 Å². The molecular formula is C17H20Cl2N6O9P2. The minimum absolute atomic E-state index is 0.0153. The number of rotatable bonds is 9. The van der Waals surface area contributed by atoms with Crippen LogP contribution in [0.3, 0.4) is 0 Å². The lowest BCUT2D eigenvalue weighted by Gasteiger charge is -2.18. The summed E-state index contributed by atoms with van der Waals surface area (Å²) >= 11 is 12.5. The Balaban J connectivity index is 1.55. The first-order valence-electron chi connectivity index (χ1n) is 10.1. The Morgan fingerprint density at radius 1 is 1.14 bits per heavy atom. The molecule has 1 saturated heterocycles. The van der Waals surface area contributed by atoms with Gasteiger partial charge in [-0.15, -0.1) is 5.10 Å². The Kier molecular flexibility index (Phi) is 8.01. The number of hydrogen-bond acceptors (Lipinski definition) is 11. The molecule has 3 aromatic rings. The monoisotopic (exact) mass is 584 g/mol. The summed E-state index contributed by atoms with van der Waals surface area (Å²) in [5, 5.41) is 31.5. The highest BCUT2D eigenvalue weighted by Gasteiger charge is 2.46. The summed E-state index contributed by atoms with van der Waals surface area (Å²) in [5.74, 6) is -1.29. The molecule has 0 spiro atoms. The number of aliphatic hydroxyl groups is 2. The Hall–Kier alpha value is -1.74. The summed E-state index contributed by atoms with van der Waals surface area (Å²) < 4.78 is 34.2. The number of fused-ring (bicyclic) bond motifs is 1. The van der Waals surface area contributed by atoms with Crippen molar-refractivity contribution in [1.29, 1.82) is 0 Å². The topological polar surface area (TPSA) is 222 Å². The van der Waals surface area contributed by atoms with E-state index in [0.717, 1.165) is 10.2 Å². The first kappa shape index (κ1) is 27.3. The summed E-state index contributed by atoms with van der Waals surface area (Å²) in [5.41, 5.74) is 0.147. The standard InChI is InChI=1S/C17H20Cl2N6O9P2/c18-13(8-4-2-1-3-5-8)20-14-10-15(22-17(19)21-14)25(24-23-10)16-12(27)11(26)9(34-16)6-33-36(31,32)7-35(28,29)30/h1-5,9,11-13,16,26-27H,6-7H2,(H,31,32)(H,20,21,22)(H2,28,29,30)/t9-,11-,12-,13?,16-/m1/s1. The van der Waals surface area contributed by atoms with E-state index in [-0.39, 0.29) is 22.3 Å². The van der Waals surface area contributed by atoms with E-state index in [4.69, 9.17) is 42.2 Å². The van der Waals surface area contributed by atoms with E-state index >= 15 is 0 Å². The highest BCUT2D eigenvalue weighted by atomic mass is 35.5. The third-order valence-electron chi connectivity index (χ3n) is 5.03. The molecule has 15 nitrogen and oxygen atoms in total. The van der Waals surface area contributed by atoms with Crippen molar-refractivity contribution in [2.45, 2.75) is 30.0 Å². The van der Waals surface area contributed by atoms with Crippen LogP contribution in [0.2, 0.25) is 5.28 Å². The van der Waals surface area contributed by atoms with Crippen molar-refractivity contribution >= 4 is 55.4 Å². The minimum Gasteiger partial charge on any atom is -0.387 e. The first-order valence-corrected chi connectivity index (χ1v) is 14.5. The maximum atomic E-state index is 11.9. The molecule has 1 aromatic carbocycles. The molecule has 19 heteroatoms. The van der Waals surface area contributed by atoms with E-state index in [2.05, 4.69) is 25.6 Å². The second-order valence-corrected chi connectivity index (χ2v) is 12.5. The molecule has 3 heterocycles. The van der Waals surface area contributed by atoms with Crippen LogP contribution in [-0.2, 0) is 18.4 Å². The maximum Gasteiger partial charge on any atom is 0.340 e. The van der Waals surface area contributed by atoms with E-state index in [1.165, 1.54) is 0 Å². The fourth-order valence-electron chi connectivity index (χ4n) is 3.43. The number of nitrogens with one attached hydrogen (secondary N) is 1. The van der Waals surface area contributed by atoms with Crippen LogP contribution in [0, 0.1) is 0 Å². The molecule has 36 heavy (non-hydrogen) atoms. The Labute approximate surface area is 212 Å². The van der Waals surface area contributed by atoms with Crippen LogP contribution in [0.5, 0.6) is 0 Å². The minimum atomic E-state index is -4.85. The fraction of sp³-hybridized carbons (Fsp3) is 0.412. The van der Waals surface area contributed by atoms with Gasteiger partial charge >= 0.3 is 15.2 Å². The summed E-state index contributed by atoms with van der Waals surface area (Å²) in [4.78, 5) is 35.6. The average molecular weight is 585 g/mol. The number of hydrogen-bond donors (Lipinski definition) is 6. The highest BCUT2D eigenvalue weighted by molar-refractivity contribution is 7.70. The largest absolute Gasteiger partial charge is 0.387 e. The molecule has 0 saturated carbocycles. The van der Waals surface area contributed by atoms with Gasteiger partial charge in [0.1, 0.15) is 23.8 Å². The van der Waals surface area contributed by atoms with Gasteiger partial charge in [0.05, 0.1) is 6.61 Å². The lowest BCUT2D eigenvalue weighted by atomic mass is 10.1. The molecule has 0 radical (unpaired) electrons. The number of alkyl halides is 1. The number of nitrogens with zero attached hydrogens (tertiary/aromatic N) is 5. The van der Waals surface area contributed by atoms with Crippen molar-refractivity contribution < 1.29 is 43.3 Å². The molecular weight excluding hydrogens is 565 g/mol. The fourth-order valence-corrected chi connectivity index (χ4v) is 6.42. The number of halogens is 2. The first-order chi connectivity index (χ1) is 16.8. The molecule has 1 aliphatic heterocycles. The van der Waals surface area contributed by atoms with Gasteiger partial charge in [-0.3, -0.25) is 9.13 Å². The SMILES string of the molecule is O=P(O)(O)CP(=O)(O)OC[C@H]1O[C@@H](n2nnc3c(NC(Cl)c4ccccc4)nc(Cl)nc32)[C@H](O)[C@@H]1O. The number of anilines is 1. The number of benzene rings is 1. The van der Waals surface area contributed by atoms with Gasteiger partial charge in [0.15, 0.2) is 29.1 Å². The van der Waals surface area contributed by atoms with Crippen LogP contribution in [0.15, 0.2) is 30.3 Å². The van der Waals surface area contributed by atoms with Crippen LogP contribution in [0.4, 0.5) is 5.82 Å². The van der Waals surface area contributed by atoms with Crippen LogP contribution < -0.4 is 5.32 Å². The van der Waals surface area contributed by atoms with Gasteiger partial charge < -0.3 is 39.5 Å². The van der Waals surface area contributed by atoms with Crippen molar-refractivity contribution in [3.05, 3.63) is 41.2 Å². The quantitative estimate of drug-likeness (QED) is 0.0899. The molecule has 0 amide bonds. The second kappa shape index (κ2) is 10.6. The summed E-state index contributed by atoms with van der Waals surface area (Å²) in [6, 6.07) is 9.02. The van der Waals surface area contributed by atoms with Crippen LogP contribution in [0.1, 0.15) is 17.3 Å². The highest BCUT2D eigenvalue weighted by Crippen LogP contribution is 2.55. The Morgan fingerprint density at radius 3 is 2.50 bits per heavy atom. The Bertz CT molecular complexity index is 1330. The molecule has 0 bridgehead atoms. The Morgan fingerprint density at radius 2 is 1.83 bits per heavy atom. The van der Waals surface area contributed by atoms with Crippen molar-refractivity contribution in [2.24, 2.45) is 0 Å². The normalized spacial score (nSPS) is 25.1. The second-order valence-electron chi connectivity index (χ2n) is 7.75. The zero-order valence-corrected chi connectivity index (χ0v) is 21.2. The molecule has 2 aromatic heterocycles. The van der Waals surface area contributed by atoms with Gasteiger partial charge in [-0.2, -0.15) is 14.6 Å². The van der Waals surface area contributed by atoms with Gasteiger partial charge in [-0.1, -0.05) is 47.1 Å². The molecule has 196 valence electrons. The van der Waals surface area contributed by atoms with Crippen LogP contribution in [0.25, 0.3) is 11.2 Å². The van der Waals surface area contributed by atoms with E-state index in [0.29, 0.717) is 0 Å². The predicted octanol–water partition coefficient (Wildman–Crippen LogP) is 1.18. The third-order valence-corrected chi connectivity index (χ3v) is 9.02. The van der Waals surface area contributed by atoms with Gasteiger partial charge in [0, 0.05) is 0 Å². The summed E-state index contributed by atoms with van der Waals surface area (Å²) in [6.07, 6.45) is -5.97. The predicted molar refractivity (Wildman–Crippen MR) is 125 cm³/mol. The van der Waals surface area contributed by atoms with Crippen molar-refractivity contribution in [1.82, 2.24) is 25.0 Å². The molecule has 2 unspecified atom stereocenters. The van der Waals surface area contributed by atoms with E-state index in [9.17, 15) is 24.2 Å². The van der Waals surface area contributed by atoms with E-state index < -0.39 is 57.7 Å². The maximum absolute atomic E-state index is 11.9. The van der Waals surface area contributed by atoms with Crippen molar-refractivity contribution in [3.8, 4) is 0 Å². The summed E-state index contributed by atoms with van der Waals surface area (Å²) in [7, 11) is -9.56. The summed E-state index contributed by atoms with van der Waals surface area (Å²) in [6.45, 7) is -0.761. The van der Waals surface area contributed by atoms with Crippen molar-refractivity contribution in [3.63, 3.8) is 0 Å². The number of aliphatic hydroxyl groups excluding tert-OH is 2. The molecule has 6 atom stereocenters. The number of aromatic nitrogens is 5. The van der Waals surface area contributed by atoms with Crippen LogP contribution >= 0.6 is 38.4 Å². The molecule has 6 N–H and O–H groups in total. The van der Waals surface area contributed by atoms with Gasteiger partial charge in [0.2, 0.25) is 5.28 Å². The zero-order valence-electron chi connectivity index (χ0n) is 17.9. The third kappa shape index (κ3) is 6.21. The molecule has 0 aliphatic carbocycles. The average Bonchev–Trinajstić information content (AvgIpc) is 3.32. The number of ether oxygens (including phenoxy) is 1. The molecule has 1 aliphatic rings. The van der Waals surface area contributed by atoms with Gasteiger partial charge in [-0.05, 0) is 17.2 Å². The van der Waals surface area contributed by atoms with Gasteiger partial charge in [-0.25, -0.2) is 0 Å². The smallest absolute Gasteiger partial charge is 0.340 e. The lowest BCUT2D eigenvalue weighted by Crippen LogP contribution is -2.33. The van der Waals surface area contributed by atoms with E-state index in [1.54, 1.807) is 24.3 Å². The lowest BCUT2D eigenvalue weighted by molar-refractivity contribution is -0.0549. The van der Waals surface area contributed by atoms with E-state index in [1.807, 2.05) is 6.07 Å².